The molecular formula is C15H14N2O. The summed E-state index contributed by atoms with van der Waals surface area (Å²) in [6.45, 7) is 5.43. The molecule has 1 amide bonds. The van der Waals surface area contributed by atoms with Gasteiger partial charge >= 0.3 is 0 Å². The van der Waals surface area contributed by atoms with Crippen molar-refractivity contribution in [2.24, 2.45) is 0 Å². The van der Waals surface area contributed by atoms with Crippen LogP contribution in [0.1, 0.15) is 5.56 Å². The van der Waals surface area contributed by atoms with Gasteiger partial charge in [0.15, 0.2) is 0 Å². The van der Waals surface area contributed by atoms with E-state index in [2.05, 4.69) is 16.9 Å². The molecule has 0 fully saturated rings. The average Bonchev–Trinajstić information content (AvgIpc) is 2.40. The number of rotatable bonds is 3. The van der Waals surface area contributed by atoms with Gasteiger partial charge in [-0.3, -0.25) is 9.78 Å². The first kappa shape index (κ1) is 12.0. The van der Waals surface area contributed by atoms with Crippen molar-refractivity contribution in [1.82, 2.24) is 4.98 Å². The summed E-state index contributed by atoms with van der Waals surface area (Å²) in [6, 6.07) is 9.70. The number of nitrogens with zero attached hydrogens (tertiary/aromatic N) is 1. The minimum atomic E-state index is -0.205. The number of nitrogens with one attached hydrogen (secondary N) is 1. The van der Waals surface area contributed by atoms with Crippen molar-refractivity contribution in [3.8, 4) is 11.1 Å². The third-order valence-electron chi connectivity index (χ3n) is 2.65. The number of aryl methyl sites for hydroxylation is 1. The van der Waals surface area contributed by atoms with E-state index in [1.165, 1.54) is 6.08 Å². The molecule has 3 heteroatoms. The van der Waals surface area contributed by atoms with Gasteiger partial charge in [0, 0.05) is 23.6 Å². The Labute approximate surface area is 106 Å². The van der Waals surface area contributed by atoms with Crippen molar-refractivity contribution < 1.29 is 4.79 Å². The molecule has 0 atom stereocenters. The maximum absolute atomic E-state index is 11.2. The Morgan fingerprint density at radius 1 is 1.39 bits per heavy atom. The van der Waals surface area contributed by atoms with E-state index in [0.717, 1.165) is 22.4 Å². The summed E-state index contributed by atoms with van der Waals surface area (Å²) < 4.78 is 0. The van der Waals surface area contributed by atoms with Gasteiger partial charge in [0.2, 0.25) is 5.91 Å². The van der Waals surface area contributed by atoms with Crippen LogP contribution in [-0.2, 0) is 4.79 Å². The van der Waals surface area contributed by atoms with Crippen LogP contribution in [0.5, 0.6) is 0 Å². The van der Waals surface area contributed by atoms with Crippen molar-refractivity contribution in [3.63, 3.8) is 0 Å². The third-order valence-corrected chi connectivity index (χ3v) is 2.65. The average molecular weight is 238 g/mol. The molecule has 0 spiro atoms. The summed E-state index contributed by atoms with van der Waals surface area (Å²) in [5.41, 5.74) is 4.03. The van der Waals surface area contributed by atoms with E-state index in [4.69, 9.17) is 0 Å². The fraction of sp³-hybridized carbons (Fsp3) is 0.0667. The quantitative estimate of drug-likeness (QED) is 0.834. The lowest BCUT2D eigenvalue weighted by atomic mass is 10.0. The van der Waals surface area contributed by atoms with Crippen LogP contribution in [-0.4, -0.2) is 10.9 Å². The van der Waals surface area contributed by atoms with E-state index in [1.54, 1.807) is 6.20 Å². The molecule has 90 valence electrons. The first-order valence-electron chi connectivity index (χ1n) is 5.65. The van der Waals surface area contributed by atoms with Gasteiger partial charge in [-0.15, -0.1) is 0 Å². The molecule has 1 aromatic heterocycles. The van der Waals surface area contributed by atoms with Gasteiger partial charge in [-0.2, -0.15) is 0 Å². The first-order valence-corrected chi connectivity index (χ1v) is 5.65. The van der Waals surface area contributed by atoms with Gasteiger partial charge in [0.05, 0.1) is 0 Å². The van der Waals surface area contributed by atoms with Crippen LogP contribution in [0.15, 0.2) is 55.4 Å². The van der Waals surface area contributed by atoms with Crippen molar-refractivity contribution in [3.05, 3.63) is 60.9 Å². The van der Waals surface area contributed by atoms with Crippen LogP contribution in [0.25, 0.3) is 11.1 Å². The lowest BCUT2D eigenvalue weighted by molar-refractivity contribution is -0.111. The molecule has 2 aromatic rings. The fourth-order valence-electron chi connectivity index (χ4n) is 1.78. The minimum Gasteiger partial charge on any atom is -0.323 e. The van der Waals surface area contributed by atoms with Crippen molar-refractivity contribution in [2.45, 2.75) is 6.92 Å². The zero-order valence-electron chi connectivity index (χ0n) is 10.2. The molecule has 0 saturated carbocycles. The number of carbonyl (C=O) groups is 1. The lowest BCUT2D eigenvalue weighted by Crippen LogP contribution is -2.07. The smallest absolute Gasteiger partial charge is 0.247 e. The van der Waals surface area contributed by atoms with Crippen LogP contribution in [0, 0.1) is 6.92 Å². The number of amides is 1. The number of anilines is 1. The Morgan fingerprint density at radius 2 is 2.22 bits per heavy atom. The number of carbonyl (C=O) groups excluding carboxylic acids is 1. The fourth-order valence-corrected chi connectivity index (χ4v) is 1.78. The number of hydrogen-bond acceptors (Lipinski definition) is 2. The number of aromatic nitrogens is 1. The highest BCUT2D eigenvalue weighted by atomic mass is 16.1. The first-order chi connectivity index (χ1) is 8.70. The van der Waals surface area contributed by atoms with Crippen LogP contribution in [0.3, 0.4) is 0 Å². The SMILES string of the molecule is C=CC(=O)Nc1ccc(-c2cccnc2)c(C)c1. The predicted molar refractivity (Wildman–Crippen MR) is 73.2 cm³/mol. The van der Waals surface area contributed by atoms with Crippen molar-refractivity contribution >= 4 is 11.6 Å². The summed E-state index contributed by atoms with van der Waals surface area (Å²) in [6.07, 6.45) is 4.83. The zero-order chi connectivity index (χ0) is 13.0. The van der Waals surface area contributed by atoms with E-state index >= 15 is 0 Å². The second-order valence-corrected chi connectivity index (χ2v) is 3.96. The molecule has 1 N–H and O–H groups in total. The largest absolute Gasteiger partial charge is 0.323 e. The Morgan fingerprint density at radius 3 is 2.83 bits per heavy atom. The molecular weight excluding hydrogens is 224 g/mol. The Balaban J connectivity index is 2.31. The second kappa shape index (κ2) is 5.27. The highest BCUT2D eigenvalue weighted by molar-refractivity contribution is 5.99. The Hall–Kier alpha value is -2.42. The second-order valence-electron chi connectivity index (χ2n) is 3.96. The van der Waals surface area contributed by atoms with E-state index in [-0.39, 0.29) is 5.91 Å². The minimum absolute atomic E-state index is 0.205. The summed E-state index contributed by atoms with van der Waals surface area (Å²) in [5.74, 6) is -0.205. The number of pyridine rings is 1. The number of hydrogen-bond donors (Lipinski definition) is 1. The standard InChI is InChI=1S/C15H14N2O/c1-3-15(18)17-13-6-7-14(11(2)9-13)12-5-4-8-16-10-12/h3-10H,1H2,2H3,(H,17,18). The summed E-state index contributed by atoms with van der Waals surface area (Å²) in [4.78, 5) is 15.3. The maximum atomic E-state index is 11.2. The van der Waals surface area contributed by atoms with Gasteiger partial charge in [0.1, 0.15) is 0 Å². The molecule has 18 heavy (non-hydrogen) atoms. The summed E-state index contributed by atoms with van der Waals surface area (Å²) in [7, 11) is 0. The highest BCUT2D eigenvalue weighted by Crippen LogP contribution is 2.25. The van der Waals surface area contributed by atoms with Crippen molar-refractivity contribution in [2.75, 3.05) is 5.32 Å². The molecule has 0 saturated heterocycles. The van der Waals surface area contributed by atoms with Gasteiger partial charge in [-0.05, 0) is 42.3 Å². The van der Waals surface area contributed by atoms with Crippen molar-refractivity contribution in [1.29, 1.82) is 0 Å². The van der Waals surface area contributed by atoms with Crippen LogP contribution in [0.2, 0.25) is 0 Å². The summed E-state index contributed by atoms with van der Waals surface area (Å²) in [5, 5.41) is 2.74. The monoisotopic (exact) mass is 238 g/mol. The van der Waals surface area contributed by atoms with E-state index in [0.29, 0.717) is 0 Å². The number of benzene rings is 1. The van der Waals surface area contributed by atoms with Gasteiger partial charge in [-0.25, -0.2) is 0 Å². The molecule has 0 radical (unpaired) electrons. The molecule has 2 rings (SSSR count). The zero-order valence-corrected chi connectivity index (χ0v) is 10.2. The maximum Gasteiger partial charge on any atom is 0.247 e. The lowest BCUT2D eigenvalue weighted by Gasteiger charge is -2.08. The van der Waals surface area contributed by atoms with E-state index < -0.39 is 0 Å². The highest BCUT2D eigenvalue weighted by Gasteiger charge is 2.04. The molecule has 1 heterocycles. The molecule has 1 aromatic carbocycles. The molecule has 0 unspecified atom stereocenters. The Bertz CT molecular complexity index is 576. The van der Waals surface area contributed by atoms with Crippen LogP contribution < -0.4 is 5.32 Å². The normalized spacial score (nSPS) is 9.83. The third kappa shape index (κ3) is 2.63. The van der Waals surface area contributed by atoms with Crippen LogP contribution >= 0.6 is 0 Å². The van der Waals surface area contributed by atoms with Gasteiger partial charge in [0.25, 0.3) is 0 Å². The molecule has 0 aliphatic carbocycles. The molecule has 0 aliphatic heterocycles. The van der Waals surface area contributed by atoms with E-state index in [1.807, 2.05) is 43.5 Å². The summed E-state index contributed by atoms with van der Waals surface area (Å²) >= 11 is 0. The van der Waals surface area contributed by atoms with Gasteiger partial charge in [-0.1, -0.05) is 18.7 Å². The van der Waals surface area contributed by atoms with Crippen LogP contribution in [0.4, 0.5) is 5.69 Å². The molecule has 3 nitrogen and oxygen atoms in total. The molecule has 0 aliphatic rings. The molecule has 0 bridgehead atoms. The topological polar surface area (TPSA) is 42.0 Å². The van der Waals surface area contributed by atoms with Gasteiger partial charge < -0.3 is 5.32 Å². The Kier molecular flexibility index (Phi) is 3.53. The van der Waals surface area contributed by atoms with E-state index in [9.17, 15) is 4.79 Å². The predicted octanol–water partition coefficient (Wildman–Crippen LogP) is 3.18.